The lowest BCUT2D eigenvalue weighted by Crippen LogP contribution is -2.35. The van der Waals surface area contributed by atoms with Crippen molar-refractivity contribution in [2.24, 2.45) is 0 Å². The van der Waals surface area contributed by atoms with Gasteiger partial charge in [0.15, 0.2) is 0 Å². The Labute approximate surface area is 202 Å². The van der Waals surface area contributed by atoms with Crippen LogP contribution in [0.3, 0.4) is 0 Å². The first-order valence-corrected chi connectivity index (χ1v) is 11.8. The van der Waals surface area contributed by atoms with Crippen LogP contribution in [0.15, 0.2) is 53.3 Å². The molecule has 0 bridgehead atoms. The summed E-state index contributed by atoms with van der Waals surface area (Å²) in [5.41, 5.74) is 4.10. The first-order valence-electron chi connectivity index (χ1n) is 11.8. The second-order valence-corrected chi connectivity index (χ2v) is 9.28. The van der Waals surface area contributed by atoms with Gasteiger partial charge in [0.1, 0.15) is 5.54 Å². The van der Waals surface area contributed by atoms with E-state index < -0.39 is 5.54 Å². The number of fused-ring (bicyclic) bond motifs is 1. The highest BCUT2D eigenvalue weighted by Gasteiger charge is 2.41. The molecule has 1 amide bonds. The Kier molecular flexibility index (Phi) is 5.76. The molecule has 0 unspecified atom stereocenters. The first kappa shape index (κ1) is 22.6. The maximum atomic E-state index is 13.2. The van der Waals surface area contributed by atoms with Crippen molar-refractivity contribution in [1.29, 1.82) is 0 Å². The molecule has 0 aliphatic carbocycles. The lowest BCUT2D eigenvalue weighted by Gasteiger charge is -2.24. The van der Waals surface area contributed by atoms with Gasteiger partial charge in [-0.3, -0.25) is 14.9 Å². The van der Waals surface area contributed by atoms with Crippen molar-refractivity contribution in [3.63, 3.8) is 0 Å². The summed E-state index contributed by atoms with van der Waals surface area (Å²) in [5.74, 6) is 0.648. The number of unbranched alkanes of at least 4 members (excludes halogenated alkanes) is 1. The summed E-state index contributed by atoms with van der Waals surface area (Å²) in [7, 11) is 0. The zero-order valence-corrected chi connectivity index (χ0v) is 20.0. The second-order valence-electron chi connectivity index (χ2n) is 9.28. The van der Waals surface area contributed by atoms with Crippen molar-refractivity contribution >= 4 is 11.9 Å². The summed E-state index contributed by atoms with van der Waals surface area (Å²) in [4.78, 5) is 30.0. The summed E-state index contributed by atoms with van der Waals surface area (Å²) >= 11 is 0. The normalized spacial score (nSPS) is 14.1. The average molecular weight is 470 g/mol. The Bertz CT molecular complexity index is 1440. The highest BCUT2D eigenvalue weighted by molar-refractivity contribution is 5.98. The van der Waals surface area contributed by atoms with E-state index in [1.54, 1.807) is 0 Å². The molecule has 5 rings (SSSR count). The Morgan fingerprint density at radius 2 is 1.83 bits per heavy atom. The molecule has 0 saturated heterocycles. The standard InChI is InChI=1S/C26H27N7O2/c1-4-5-11-21-20(23(34)27-25-28-24(35)26(2,3)33(21)25)15-16-12-13-18(17-9-7-6-8-10-17)19(14-16)22-29-31-32-30-22/h6-10,12-14H,4-5,11,15H2,1-3H3,(H,27,28,34,35)(H,29,30,31,32). The van der Waals surface area contributed by atoms with E-state index in [9.17, 15) is 9.59 Å². The first-order chi connectivity index (χ1) is 16.9. The molecule has 1 aliphatic heterocycles. The number of nitrogens with zero attached hydrogens (tertiary/aromatic N) is 5. The number of tetrazole rings is 1. The van der Waals surface area contributed by atoms with E-state index in [-0.39, 0.29) is 11.5 Å². The quantitative estimate of drug-likeness (QED) is 0.426. The van der Waals surface area contributed by atoms with E-state index >= 15 is 0 Å². The molecular formula is C26H27N7O2. The van der Waals surface area contributed by atoms with Crippen LogP contribution in [0.25, 0.3) is 22.5 Å². The number of rotatable bonds is 7. The molecule has 0 fully saturated rings. The van der Waals surface area contributed by atoms with E-state index in [1.807, 2.05) is 66.9 Å². The van der Waals surface area contributed by atoms with Gasteiger partial charge in [-0.05, 0) is 54.7 Å². The van der Waals surface area contributed by atoms with Gasteiger partial charge in [-0.15, -0.1) is 10.2 Å². The maximum absolute atomic E-state index is 13.2. The molecule has 4 aromatic rings. The number of hydrogen-bond acceptors (Lipinski definition) is 6. The minimum Gasteiger partial charge on any atom is -0.301 e. The van der Waals surface area contributed by atoms with Crippen LogP contribution in [-0.4, -0.2) is 36.1 Å². The molecule has 2 N–H and O–H groups in total. The SMILES string of the molecule is CCCCc1c(Cc2ccc(-c3ccccc3)c(-c3nn[nH]n3)c2)c(=O)nc2n1C(C)(C)C(=O)N2. The van der Waals surface area contributed by atoms with E-state index in [0.717, 1.165) is 40.8 Å². The Balaban J connectivity index is 1.63. The summed E-state index contributed by atoms with van der Waals surface area (Å²) in [5, 5.41) is 17.4. The van der Waals surface area contributed by atoms with Gasteiger partial charge >= 0.3 is 0 Å². The molecule has 2 aromatic heterocycles. The predicted octanol–water partition coefficient (Wildman–Crippen LogP) is 3.71. The Morgan fingerprint density at radius 1 is 1.03 bits per heavy atom. The molecule has 9 nitrogen and oxygen atoms in total. The average Bonchev–Trinajstić information content (AvgIpc) is 3.46. The van der Waals surface area contributed by atoms with Gasteiger partial charge in [-0.25, -0.2) is 0 Å². The van der Waals surface area contributed by atoms with Crippen molar-refractivity contribution in [1.82, 2.24) is 30.2 Å². The number of benzene rings is 2. The topological polar surface area (TPSA) is 118 Å². The van der Waals surface area contributed by atoms with Gasteiger partial charge in [0.2, 0.25) is 11.8 Å². The zero-order chi connectivity index (χ0) is 24.6. The second kappa shape index (κ2) is 8.90. The highest BCUT2D eigenvalue weighted by Crippen LogP contribution is 2.34. The summed E-state index contributed by atoms with van der Waals surface area (Å²) in [6.45, 7) is 5.82. The van der Waals surface area contributed by atoms with Crippen molar-refractivity contribution in [2.45, 2.75) is 52.0 Å². The number of amides is 1. The molecule has 2 aromatic carbocycles. The minimum atomic E-state index is -0.819. The third-order valence-corrected chi connectivity index (χ3v) is 6.54. The lowest BCUT2D eigenvalue weighted by atomic mass is 9.93. The molecule has 0 atom stereocenters. The molecule has 178 valence electrons. The lowest BCUT2D eigenvalue weighted by molar-refractivity contribution is -0.121. The van der Waals surface area contributed by atoms with Gasteiger partial charge in [-0.1, -0.05) is 55.8 Å². The third kappa shape index (κ3) is 4.03. The minimum absolute atomic E-state index is 0.161. The number of nitrogens with one attached hydrogen (secondary N) is 2. The molecule has 35 heavy (non-hydrogen) atoms. The number of carbonyl (C=O) groups excluding carboxylic acids is 1. The van der Waals surface area contributed by atoms with Crippen LogP contribution in [0, 0.1) is 0 Å². The van der Waals surface area contributed by atoms with Crippen molar-refractivity contribution < 1.29 is 4.79 Å². The van der Waals surface area contributed by atoms with Gasteiger partial charge in [-0.2, -0.15) is 10.2 Å². The summed E-state index contributed by atoms with van der Waals surface area (Å²) < 4.78 is 1.90. The number of aromatic amines is 1. The van der Waals surface area contributed by atoms with Crippen molar-refractivity contribution in [3.8, 4) is 22.5 Å². The molecule has 1 aliphatic rings. The van der Waals surface area contributed by atoms with Crippen LogP contribution in [0.2, 0.25) is 0 Å². The van der Waals surface area contributed by atoms with Gasteiger partial charge in [0, 0.05) is 23.2 Å². The fourth-order valence-corrected chi connectivity index (χ4v) is 4.66. The van der Waals surface area contributed by atoms with Crippen LogP contribution < -0.4 is 10.9 Å². The van der Waals surface area contributed by atoms with Crippen LogP contribution >= 0.6 is 0 Å². The largest absolute Gasteiger partial charge is 0.301 e. The predicted molar refractivity (Wildman–Crippen MR) is 133 cm³/mol. The molecule has 0 spiro atoms. The molecule has 0 saturated carbocycles. The molecule has 0 radical (unpaired) electrons. The number of H-pyrrole nitrogens is 1. The van der Waals surface area contributed by atoms with Crippen LogP contribution in [-0.2, 0) is 23.2 Å². The Hall–Kier alpha value is -4.14. The van der Waals surface area contributed by atoms with Gasteiger partial charge < -0.3 is 4.57 Å². The van der Waals surface area contributed by atoms with Crippen molar-refractivity contribution in [3.05, 3.63) is 75.7 Å². The third-order valence-electron chi connectivity index (χ3n) is 6.54. The summed E-state index contributed by atoms with van der Waals surface area (Å²) in [6.07, 6.45) is 2.95. The van der Waals surface area contributed by atoms with Crippen molar-refractivity contribution in [2.75, 3.05) is 5.32 Å². The zero-order valence-electron chi connectivity index (χ0n) is 20.0. The van der Waals surface area contributed by atoms with Gasteiger partial charge in [0.25, 0.3) is 11.5 Å². The summed E-state index contributed by atoms with van der Waals surface area (Å²) in [6, 6.07) is 16.0. The number of aromatic nitrogens is 6. The van der Waals surface area contributed by atoms with Gasteiger partial charge in [0.05, 0.1) is 0 Å². The maximum Gasteiger partial charge on any atom is 0.278 e. The molecular weight excluding hydrogens is 442 g/mol. The van der Waals surface area contributed by atoms with E-state index in [4.69, 9.17) is 0 Å². The highest BCUT2D eigenvalue weighted by atomic mass is 16.2. The van der Waals surface area contributed by atoms with Crippen LogP contribution in [0.1, 0.15) is 50.4 Å². The number of carbonyl (C=O) groups is 1. The monoisotopic (exact) mass is 469 g/mol. The molecule has 3 heterocycles. The Morgan fingerprint density at radius 3 is 2.54 bits per heavy atom. The number of anilines is 1. The smallest absolute Gasteiger partial charge is 0.278 e. The fourth-order valence-electron chi connectivity index (χ4n) is 4.66. The molecule has 9 heteroatoms. The van der Waals surface area contributed by atoms with Crippen LogP contribution in [0.4, 0.5) is 5.95 Å². The van der Waals surface area contributed by atoms with Crippen LogP contribution in [0.5, 0.6) is 0 Å². The fraction of sp³-hybridized carbons (Fsp3) is 0.308. The van der Waals surface area contributed by atoms with E-state index in [1.165, 1.54) is 0 Å². The number of hydrogen-bond donors (Lipinski definition) is 2. The van der Waals surface area contributed by atoms with E-state index in [0.29, 0.717) is 30.2 Å². The van der Waals surface area contributed by atoms with E-state index in [2.05, 4.69) is 37.8 Å².